The molecule has 2 aliphatic carbocycles. The van der Waals surface area contributed by atoms with Crippen LogP contribution < -0.4 is 20.7 Å². The number of anilines is 1. The van der Waals surface area contributed by atoms with Crippen LogP contribution in [-0.2, 0) is 16.0 Å². The van der Waals surface area contributed by atoms with Gasteiger partial charge in [0.05, 0.1) is 0 Å². The first-order chi connectivity index (χ1) is 15.1. The average Bonchev–Trinajstić information content (AvgIpc) is 3.68. The normalized spacial score (nSPS) is 15.1. The largest absolute Gasteiger partial charge is 0.484 e. The molecule has 0 saturated heterocycles. The fraction of sp³-hybridized carbons (Fsp3) is 0.375. The van der Waals surface area contributed by atoms with E-state index in [1.54, 1.807) is 24.3 Å². The quantitative estimate of drug-likeness (QED) is 0.550. The lowest BCUT2D eigenvalue weighted by molar-refractivity contribution is -0.123. The van der Waals surface area contributed by atoms with E-state index in [0.29, 0.717) is 36.0 Å². The smallest absolute Gasteiger partial charge is 0.258 e. The third-order valence-electron chi connectivity index (χ3n) is 5.28. The number of carbonyl (C=O) groups is 3. The molecule has 0 aromatic heterocycles. The van der Waals surface area contributed by atoms with Crippen molar-refractivity contribution < 1.29 is 19.1 Å². The van der Waals surface area contributed by atoms with Crippen molar-refractivity contribution in [3.8, 4) is 5.75 Å². The highest BCUT2D eigenvalue weighted by atomic mass is 16.5. The zero-order valence-corrected chi connectivity index (χ0v) is 17.4. The fourth-order valence-electron chi connectivity index (χ4n) is 3.15. The molecule has 0 bridgehead atoms. The van der Waals surface area contributed by atoms with Gasteiger partial charge in [0.15, 0.2) is 6.61 Å². The van der Waals surface area contributed by atoms with Crippen LogP contribution in [0, 0.1) is 5.92 Å². The summed E-state index contributed by atoms with van der Waals surface area (Å²) in [5, 5.41) is 8.65. The molecule has 3 amide bonds. The highest BCUT2D eigenvalue weighted by molar-refractivity contribution is 5.98. The topological polar surface area (TPSA) is 96.5 Å². The van der Waals surface area contributed by atoms with E-state index in [1.165, 1.54) is 0 Å². The number of rotatable bonds is 10. The Bertz CT molecular complexity index is 950. The Kier molecular flexibility index (Phi) is 6.50. The van der Waals surface area contributed by atoms with Crippen molar-refractivity contribution in [2.75, 3.05) is 18.5 Å². The molecular weight excluding hydrogens is 394 g/mol. The molecule has 162 valence electrons. The summed E-state index contributed by atoms with van der Waals surface area (Å²) in [7, 11) is 0. The minimum atomic E-state index is -0.177. The summed E-state index contributed by atoms with van der Waals surface area (Å²) in [5.74, 6) is 0.515. The van der Waals surface area contributed by atoms with Gasteiger partial charge in [0.2, 0.25) is 5.91 Å². The van der Waals surface area contributed by atoms with E-state index in [2.05, 4.69) is 16.0 Å². The van der Waals surface area contributed by atoms with Crippen LogP contribution in [0.2, 0.25) is 0 Å². The number of carbonyl (C=O) groups excluding carboxylic acids is 3. The summed E-state index contributed by atoms with van der Waals surface area (Å²) >= 11 is 0. The van der Waals surface area contributed by atoms with Gasteiger partial charge in [-0.3, -0.25) is 14.4 Å². The molecular formula is C24H27N3O4. The third-order valence-corrected chi connectivity index (χ3v) is 5.28. The highest BCUT2D eigenvalue weighted by Crippen LogP contribution is 2.30. The van der Waals surface area contributed by atoms with Gasteiger partial charge >= 0.3 is 0 Å². The molecule has 0 atom stereocenters. The predicted octanol–water partition coefficient (Wildman–Crippen LogP) is 2.67. The molecule has 2 saturated carbocycles. The van der Waals surface area contributed by atoms with Crippen molar-refractivity contribution in [3.63, 3.8) is 0 Å². The van der Waals surface area contributed by atoms with Gasteiger partial charge in [-0.2, -0.15) is 0 Å². The van der Waals surface area contributed by atoms with Gasteiger partial charge in [0.25, 0.3) is 11.8 Å². The average molecular weight is 421 g/mol. The lowest BCUT2D eigenvalue weighted by Gasteiger charge is -2.09. The summed E-state index contributed by atoms with van der Waals surface area (Å²) in [6.45, 7) is 0.508. The Balaban J connectivity index is 1.19. The molecule has 7 nitrogen and oxygen atoms in total. The summed E-state index contributed by atoms with van der Waals surface area (Å²) < 4.78 is 5.50. The standard InChI is InChI=1S/C24H27N3O4/c28-22(26-19-8-9-19)15-31-21-10-4-16(5-11-21)12-13-25-23(29)18-2-1-3-20(14-18)27-24(30)17-6-7-17/h1-5,10-11,14,17,19H,6-9,12-13,15H2,(H,25,29)(H,26,28)(H,27,30). The SMILES string of the molecule is O=C(COc1ccc(CCNC(=O)c2cccc(NC(=O)C3CC3)c2)cc1)NC1CC1. The molecule has 0 aliphatic heterocycles. The molecule has 3 N–H and O–H groups in total. The maximum Gasteiger partial charge on any atom is 0.258 e. The van der Waals surface area contributed by atoms with Gasteiger partial charge in [-0.05, 0) is 68.0 Å². The number of hydrogen-bond donors (Lipinski definition) is 3. The van der Waals surface area contributed by atoms with Crippen LogP contribution in [-0.4, -0.2) is 36.9 Å². The maximum atomic E-state index is 12.4. The Labute approximate surface area is 181 Å². The summed E-state index contributed by atoms with van der Waals surface area (Å²) in [6, 6.07) is 14.8. The number of nitrogens with one attached hydrogen (secondary N) is 3. The molecule has 4 rings (SSSR count). The summed E-state index contributed by atoms with van der Waals surface area (Å²) in [4.78, 5) is 36.0. The van der Waals surface area contributed by atoms with Crippen LogP contribution in [0.25, 0.3) is 0 Å². The second-order valence-corrected chi connectivity index (χ2v) is 8.12. The molecule has 2 aliphatic rings. The summed E-state index contributed by atoms with van der Waals surface area (Å²) in [6.07, 6.45) is 4.66. The molecule has 2 aromatic carbocycles. The van der Waals surface area contributed by atoms with E-state index in [0.717, 1.165) is 31.2 Å². The number of ether oxygens (including phenoxy) is 1. The third kappa shape index (κ3) is 6.57. The lowest BCUT2D eigenvalue weighted by atomic mass is 10.1. The van der Waals surface area contributed by atoms with E-state index < -0.39 is 0 Å². The van der Waals surface area contributed by atoms with Gasteiger partial charge in [0.1, 0.15) is 5.75 Å². The lowest BCUT2D eigenvalue weighted by Crippen LogP contribution is -2.30. The van der Waals surface area contributed by atoms with Crippen molar-refractivity contribution in [2.24, 2.45) is 5.92 Å². The highest BCUT2D eigenvalue weighted by Gasteiger charge is 2.29. The first kappa shape index (κ1) is 20.9. The first-order valence-corrected chi connectivity index (χ1v) is 10.8. The van der Waals surface area contributed by atoms with Crippen LogP contribution in [0.1, 0.15) is 41.6 Å². The Morgan fingerprint density at radius 1 is 0.968 bits per heavy atom. The zero-order chi connectivity index (χ0) is 21.6. The Morgan fingerprint density at radius 3 is 2.45 bits per heavy atom. The van der Waals surface area contributed by atoms with Crippen molar-refractivity contribution in [1.29, 1.82) is 0 Å². The van der Waals surface area contributed by atoms with Crippen LogP contribution in [0.4, 0.5) is 5.69 Å². The molecule has 0 spiro atoms. The Hall–Kier alpha value is -3.35. The second-order valence-electron chi connectivity index (χ2n) is 8.12. The molecule has 2 aromatic rings. The van der Waals surface area contributed by atoms with E-state index in [1.807, 2.05) is 24.3 Å². The van der Waals surface area contributed by atoms with E-state index in [9.17, 15) is 14.4 Å². The van der Waals surface area contributed by atoms with E-state index in [-0.39, 0.29) is 30.2 Å². The van der Waals surface area contributed by atoms with E-state index >= 15 is 0 Å². The molecule has 7 heteroatoms. The monoisotopic (exact) mass is 421 g/mol. The van der Waals surface area contributed by atoms with Gasteiger partial charge in [-0.1, -0.05) is 18.2 Å². The molecule has 31 heavy (non-hydrogen) atoms. The van der Waals surface area contributed by atoms with Crippen LogP contribution in [0.15, 0.2) is 48.5 Å². The van der Waals surface area contributed by atoms with Crippen molar-refractivity contribution in [1.82, 2.24) is 10.6 Å². The number of benzene rings is 2. The maximum absolute atomic E-state index is 12.4. The Morgan fingerprint density at radius 2 is 1.74 bits per heavy atom. The van der Waals surface area contributed by atoms with Gasteiger partial charge < -0.3 is 20.7 Å². The molecule has 0 radical (unpaired) electrons. The molecule has 0 unspecified atom stereocenters. The van der Waals surface area contributed by atoms with E-state index in [4.69, 9.17) is 4.74 Å². The van der Waals surface area contributed by atoms with Gasteiger partial charge in [-0.25, -0.2) is 0 Å². The number of hydrogen-bond acceptors (Lipinski definition) is 4. The molecule has 2 fully saturated rings. The first-order valence-electron chi connectivity index (χ1n) is 10.8. The predicted molar refractivity (Wildman–Crippen MR) is 117 cm³/mol. The molecule has 0 heterocycles. The van der Waals surface area contributed by atoms with Gasteiger partial charge in [0, 0.05) is 29.8 Å². The fourth-order valence-corrected chi connectivity index (χ4v) is 3.15. The van der Waals surface area contributed by atoms with Crippen LogP contribution in [0.5, 0.6) is 5.75 Å². The van der Waals surface area contributed by atoms with Crippen molar-refractivity contribution in [2.45, 2.75) is 38.1 Å². The second kappa shape index (κ2) is 9.64. The summed E-state index contributed by atoms with van der Waals surface area (Å²) in [5.41, 5.74) is 2.22. The minimum absolute atomic E-state index is 0.0199. The van der Waals surface area contributed by atoms with Crippen molar-refractivity contribution >= 4 is 23.4 Å². The number of amides is 3. The van der Waals surface area contributed by atoms with Gasteiger partial charge in [-0.15, -0.1) is 0 Å². The zero-order valence-electron chi connectivity index (χ0n) is 17.4. The van der Waals surface area contributed by atoms with Crippen LogP contribution >= 0.6 is 0 Å². The minimum Gasteiger partial charge on any atom is -0.484 e. The van der Waals surface area contributed by atoms with Crippen molar-refractivity contribution in [3.05, 3.63) is 59.7 Å². The van der Waals surface area contributed by atoms with Crippen LogP contribution in [0.3, 0.4) is 0 Å².